The molecule has 3 aliphatic rings. The third-order valence-corrected chi connectivity index (χ3v) is 3.59. The molecule has 1 saturated carbocycles. The molecule has 0 aromatic heterocycles. The fourth-order valence-electron chi connectivity index (χ4n) is 2.68. The van der Waals surface area contributed by atoms with Crippen LogP contribution in [0.3, 0.4) is 0 Å². The minimum absolute atomic E-state index is 0.0438. The molecule has 6 nitrogen and oxygen atoms in total. The van der Waals surface area contributed by atoms with Crippen LogP contribution in [0.25, 0.3) is 0 Å². The fraction of sp³-hybridized carbons (Fsp3) is 0.583. The van der Waals surface area contributed by atoms with Crippen molar-refractivity contribution in [3.05, 3.63) is 11.3 Å². The van der Waals surface area contributed by atoms with Gasteiger partial charge in [-0.15, -0.1) is 0 Å². The normalized spacial score (nSPS) is 23.8. The monoisotopic (exact) mass is 250 g/mol. The molecule has 0 aromatic carbocycles. The van der Waals surface area contributed by atoms with Crippen LogP contribution in [0.4, 0.5) is 0 Å². The lowest BCUT2D eigenvalue weighted by Crippen LogP contribution is -2.38. The van der Waals surface area contributed by atoms with Crippen LogP contribution in [-0.4, -0.2) is 51.8 Å². The zero-order chi connectivity index (χ0) is 12.9. The van der Waals surface area contributed by atoms with Crippen LogP contribution in [0.5, 0.6) is 0 Å². The van der Waals surface area contributed by atoms with Crippen molar-refractivity contribution in [2.24, 2.45) is 0 Å². The summed E-state index contributed by atoms with van der Waals surface area (Å²) in [4.78, 5) is 38.0. The number of rotatable bonds is 3. The van der Waals surface area contributed by atoms with E-state index >= 15 is 0 Å². The molecule has 0 spiro atoms. The van der Waals surface area contributed by atoms with Crippen molar-refractivity contribution < 1.29 is 19.5 Å². The molecule has 96 valence electrons. The number of imide groups is 1. The van der Waals surface area contributed by atoms with Gasteiger partial charge in [0.05, 0.1) is 0 Å². The van der Waals surface area contributed by atoms with E-state index in [2.05, 4.69) is 0 Å². The largest absolute Gasteiger partial charge is 0.480 e. The van der Waals surface area contributed by atoms with Crippen LogP contribution in [0, 0.1) is 0 Å². The van der Waals surface area contributed by atoms with Crippen LogP contribution < -0.4 is 0 Å². The summed E-state index contributed by atoms with van der Waals surface area (Å²) in [5.74, 6) is -1.47. The zero-order valence-corrected chi connectivity index (χ0v) is 9.89. The van der Waals surface area contributed by atoms with Gasteiger partial charge in [0.15, 0.2) is 0 Å². The maximum absolute atomic E-state index is 12.2. The van der Waals surface area contributed by atoms with Crippen molar-refractivity contribution in [3.8, 4) is 0 Å². The molecule has 0 radical (unpaired) electrons. The number of carbonyl (C=O) groups excluding carboxylic acids is 2. The van der Waals surface area contributed by atoms with Gasteiger partial charge < -0.3 is 10.0 Å². The number of carboxylic acid groups (broad SMARTS) is 1. The van der Waals surface area contributed by atoms with Gasteiger partial charge in [0.2, 0.25) is 0 Å². The van der Waals surface area contributed by atoms with Gasteiger partial charge in [-0.1, -0.05) is 0 Å². The lowest BCUT2D eigenvalue weighted by molar-refractivity contribution is -0.139. The molecule has 1 aliphatic carbocycles. The van der Waals surface area contributed by atoms with Crippen molar-refractivity contribution in [2.75, 3.05) is 13.1 Å². The first-order valence-electron chi connectivity index (χ1n) is 6.17. The number of hydrogen-bond acceptors (Lipinski definition) is 4. The molecule has 2 amide bonds. The molecule has 2 aliphatic heterocycles. The Morgan fingerprint density at radius 3 is 2.61 bits per heavy atom. The summed E-state index contributed by atoms with van der Waals surface area (Å²) >= 11 is 0. The first-order valence-corrected chi connectivity index (χ1v) is 6.17. The summed E-state index contributed by atoms with van der Waals surface area (Å²) in [6, 6.07) is 0.0438. The smallest absolute Gasteiger partial charge is 0.323 e. The van der Waals surface area contributed by atoms with E-state index in [4.69, 9.17) is 5.11 Å². The molecule has 0 unspecified atom stereocenters. The van der Waals surface area contributed by atoms with Gasteiger partial charge in [0.25, 0.3) is 11.8 Å². The van der Waals surface area contributed by atoms with Crippen molar-refractivity contribution in [3.63, 3.8) is 0 Å². The second-order valence-electron chi connectivity index (χ2n) is 4.96. The lowest BCUT2D eigenvalue weighted by Gasteiger charge is -2.27. The standard InChI is InChI=1S/C12H14N2O4/c15-9(16)6-13-5-1-2-8-10(13)12(18)14(11(8)17)7-3-4-7/h7H,1-6H2,(H,15,16). The van der Waals surface area contributed by atoms with E-state index < -0.39 is 5.97 Å². The number of hydrogen-bond donors (Lipinski definition) is 1. The molecule has 0 atom stereocenters. The Labute approximate surface area is 104 Å². The van der Waals surface area contributed by atoms with Gasteiger partial charge in [-0.25, -0.2) is 0 Å². The Hall–Kier alpha value is -1.85. The molecule has 1 N–H and O–H groups in total. The van der Waals surface area contributed by atoms with E-state index in [-0.39, 0.29) is 24.4 Å². The van der Waals surface area contributed by atoms with Crippen LogP contribution in [-0.2, 0) is 14.4 Å². The Balaban J connectivity index is 1.92. The minimum Gasteiger partial charge on any atom is -0.480 e. The topological polar surface area (TPSA) is 77.9 Å². The summed E-state index contributed by atoms with van der Waals surface area (Å²) in [5, 5.41) is 8.85. The van der Waals surface area contributed by atoms with Crippen LogP contribution in [0.2, 0.25) is 0 Å². The van der Waals surface area contributed by atoms with Crippen molar-refractivity contribution in [1.82, 2.24) is 9.80 Å². The van der Waals surface area contributed by atoms with Crippen molar-refractivity contribution >= 4 is 17.8 Å². The third-order valence-electron chi connectivity index (χ3n) is 3.59. The SMILES string of the molecule is O=C(O)CN1CCCC2=C1C(=O)N(C1CC1)C2=O. The highest BCUT2D eigenvalue weighted by Gasteiger charge is 2.48. The van der Waals surface area contributed by atoms with Crippen molar-refractivity contribution in [2.45, 2.75) is 31.7 Å². The van der Waals surface area contributed by atoms with Gasteiger partial charge >= 0.3 is 5.97 Å². The quantitative estimate of drug-likeness (QED) is 0.711. The van der Waals surface area contributed by atoms with E-state index in [1.165, 1.54) is 9.80 Å². The highest BCUT2D eigenvalue weighted by atomic mass is 16.4. The van der Waals surface area contributed by atoms with Gasteiger partial charge in [0.1, 0.15) is 12.2 Å². The third kappa shape index (κ3) is 1.60. The number of carboxylic acids is 1. The number of carbonyl (C=O) groups is 3. The average molecular weight is 250 g/mol. The molecule has 1 fully saturated rings. The molecule has 18 heavy (non-hydrogen) atoms. The first kappa shape index (κ1) is 11.3. The maximum Gasteiger partial charge on any atom is 0.323 e. The second-order valence-corrected chi connectivity index (χ2v) is 4.96. The van der Waals surface area contributed by atoms with E-state index in [0.717, 1.165) is 19.3 Å². The second kappa shape index (κ2) is 3.83. The minimum atomic E-state index is -0.978. The maximum atomic E-state index is 12.2. The summed E-state index contributed by atoms with van der Waals surface area (Å²) in [6.45, 7) is 0.318. The molecular formula is C12H14N2O4. The zero-order valence-electron chi connectivity index (χ0n) is 9.89. The Morgan fingerprint density at radius 1 is 1.28 bits per heavy atom. The van der Waals surface area contributed by atoms with Gasteiger partial charge in [-0.2, -0.15) is 0 Å². The number of amides is 2. The summed E-state index contributed by atoms with van der Waals surface area (Å²) in [6.07, 6.45) is 3.05. The molecule has 6 heteroatoms. The van der Waals surface area contributed by atoms with E-state index in [9.17, 15) is 14.4 Å². The van der Waals surface area contributed by atoms with Crippen LogP contribution in [0.15, 0.2) is 11.3 Å². The lowest BCUT2D eigenvalue weighted by atomic mass is 10.0. The van der Waals surface area contributed by atoms with Gasteiger partial charge in [-0.3, -0.25) is 19.3 Å². The Morgan fingerprint density at radius 2 is 2.00 bits per heavy atom. The Kier molecular flexibility index (Phi) is 2.39. The Bertz CT molecular complexity index is 478. The van der Waals surface area contributed by atoms with Crippen molar-refractivity contribution in [1.29, 1.82) is 0 Å². The first-order chi connectivity index (χ1) is 8.59. The predicted octanol–water partition coefficient (Wildman–Crippen LogP) is -0.0479. The van der Waals surface area contributed by atoms with E-state index in [1.54, 1.807) is 0 Å². The average Bonchev–Trinajstić information content (AvgIpc) is 3.08. The summed E-state index contributed by atoms with van der Waals surface area (Å²) < 4.78 is 0. The molecule has 2 heterocycles. The molecular weight excluding hydrogens is 236 g/mol. The number of aliphatic carboxylic acids is 1. The van der Waals surface area contributed by atoms with Crippen LogP contribution in [0.1, 0.15) is 25.7 Å². The summed E-state index contributed by atoms with van der Waals surface area (Å²) in [7, 11) is 0. The van der Waals surface area contributed by atoms with Crippen LogP contribution >= 0.6 is 0 Å². The molecule has 0 saturated heterocycles. The highest BCUT2D eigenvalue weighted by molar-refractivity contribution is 6.19. The van der Waals surface area contributed by atoms with Gasteiger partial charge in [0, 0.05) is 18.2 Å². The number of nitrogens with zero attached hydrogens (tertiary/aromatic N) is 2. The molecule has 0 aromatic rings. The van der Waals surface area contributed by atoms with E-state index in [1.807, 2.05) is 0 Å². The fourth-order valence-corrected chi connectivity index (χ4v) is 2.68. The highest BCUT2D eigenvalue weighted by Crippen LogP contribution is 2.37. The molecule has 0 bridgehead atoms. The predicted molar refractivity (Wildman–Crippen MR) is 60.3 cm³/mol. The van der Waals surface area contributed by atoms with Gasteiger partial charge in [-0.05, 0) is 25.7 Å². The molecule has 3 rings (SSSR count). The summed E-state index contributed by atoms with van der Waals surface area (Å²) in [5.41, 5.74) is 0.847. The van der Waals surface area contributed by atoms with E-state index in [0.29, 0.717) is 24.2 Å².